The Bertz CT molecular complexity index is 1000. The number of nitrogens with one attached hydrogen (secondary N) is 1. The number of anilines is 2. The fourth-order valence-corrected chi connectivity index (χ4v) is 3.32. The molecule has 1 atom stereocenters. The van der Waals surface area contributed by atoms with Gasteiger partial charge in [-0.2, -0.15) is 0 Å². The summed E-state index contributed by atoms with van der Waals surface area (Å²) in [6.45, 7) is 2.96. The van der Waals surface area contributed by atoms with E-state index < -0.39 is 0 Å². The Morgan fingerprint density at radius 1 is 1.36 bits per heavy atom. The van der Waals surface area contributed by atoms with Gasteiger partial charge < -0.3 is 24.3 Å². The van der Waals surface area contributed by atoms with Crippen molar-refractivity contribution < 1.29 is 13.9 Å². The number of benzene rings is 1. The maximum atomic E-state index is 12.6. The lowest BCUT2D eigenvalue weighted by Crippen LogP contribution is -2.34. The number of amides is 2. The van der Waals surface area contributed by atoms with Gasteiger partial charge in [0.1, 0.15) is 11.6 Å². The first-order valence-electron chi connectivity index (χ1n) is 9.22. The molecular formula is C20H23N5O3. The summed E-state index contributed by atoms with van der Waals surface area (Å²) in [7, 11) is 3.85. The second-order valence-corrected chi connectivity index (χ2v) is 7.04. The number of carbonyl (C=O) groups excluding carboxylic acids is 1. The molecule has 8 nitrogen and oxygen atoms in total. The third-order valence-corrected chi connectivity index (χ3v) is 4.65. The number of ether oxygens (including phenoxy) is 1. The van der Waals surface area contributed by atoms with Gasteiger partial charge in [-0.3, -0.25) is 0 Å². The van der Waals surface area contributed by atoms with Crippen LogP contribution in [0.1, 0.15) is 12.3 Å². The third kappa shape index (κ3) is 3.71. The minimum atomic E-state index is -0.148. The number of rotatable bonds is 4. The lowest BCUT2D eigenvalue weighted by Gasteiger charge is -2.20. The van der Waals surface area contributed by atoms with E-state index in [4.69, 9.17) is 9.15 Å². The van der Waals surface area contributed by atoms with E-state index in [0.717, 1.165) is 23.5 Å². The highest BCUT2D eigenvalue weighted by atomic mass is 16.5. The zero-order valence-corrected chi connectivity index (χ0v) is 16.2. The molecule has 1 saturated heterocycles. The van der Waals surface area contributed by atoms with E-state index in [2.05, 4.69) is 15.3 Å². The maximum absolute atomic E-state index is 12.6. The van der Waals surface area contributed by atoms with Gasteiger partial charge in [-0.25, -0.2) is 14.8 Å². The first-order chi connectivity index (χ1) is 13.5. The topological polar surface area (TPSA) is 83.7 Å². The lowest BCUT2D eigenvalue weighted by molar-refractivity contribution is 0.195. The quantitative estimate of drug-likeness (QED) is 0.747. The van der Waals surface area contributed by atoms with Crippen LogP contribution in [0.2, 0.25) is 0 Å². The van der Waals surface area contributed by atoms with E-state index in [9.17, 15) is 4.79 Å². The number of hydrogen-bond acceptors (Lipinski definition) is 6. The fraction of sp³-hybridized carbons (Fsp3) is 0.350. The normalized spacial score (nSPS) is 16.4. The van der Waals surface area contributed by atoms with Crippen LogP contribution in [0.3, 0.4) is 0 Å². The molecule has 1 aliphatic heterocycles. The van der Waals surface area contributed by atoms with Gasteiger partial charge in [0, 0.05) is 45.9 Å². The van der Waals surface area contributed by atoms with Crippen LogP contribution >= 0.6 is 0 Å². The summed E-state index contributed by atoms with van der Waals surface area (Å²) in [5.41, 5.74) is 2.13. The van der Waals surface area contributed by atoms with E-state index in [1.807, 2.05) is 49.3 Å². The number of hydrogen-bond donors (Lipinski definition) is 1. The van der Waals surface area contributed by atoms with Crippen molar-refractivity contribution in [3.05, 3.63) is 42.4 Å². The molecule has 0 bridgehead atoms. The predicted molar refractivity (Wildman–Crippen MR) is 107 cm³/mol. The zero-order valence-electron chi connectivity index (χ0n) is 16.2. The van der Waals surface area contributed by atoms with Crippen molar-refractivity contribution in [3.8, 4) is 5.75 Å². The van der Waals surface area contributed by atoms with E-state index in [1.54, 1.807) is 18.0 Å². The second-order valence-electron chi connectivity index (χ2n) is 7.04. The molecule has 0 unspecified atom stereocenters. The fourth-order valence-electron chi connectivity index (χ4n) is 3.32. The van der Waals surface area contributed by atoms with Crippen LogP contribution in [0.15, 0.2) is 40.9 Å². The first-order valence-corrected chi connectivity index (χ1v) is 9.22. The van der Waals surface area contributed by atoms with Crippen molar-refractivity contribution in [2.24, 2.45) is 0 Å². The lowest BCUT2D eigenvalue weighted by atomic mass is 10.3. The number of nitrogens with zero attached hydrogens (tertiary/aromatic N) is 4. The number of aromatic nitrogens is 2. The Balaban J connectivity index is 1.38. The van der Waals surface area contributed by atoms with Crippen LogP contribution in [0.4, 0.5) is 16.3 Å². The number of carbonyl (C=O) groups is 1. The molecule has 0 saturated carbocycles. The predicted octanol–water partition coefficient (Wildman–Crippen LogP) is 3.28. The molecule has 0 aliphatic carbocycles. The van der Waals surface area contributed by atoms with Gasteiger partial charge in [-0.05, 0) is 30.3 Å². The Kier molecular flexibility index (Phi) is 4.77. The molecule has 1 fully saturated rings. The van der Waals surface area contributed by atoms with Crippen LogP contribution in [-0.4, -0.2) is 54.2 Å². The van der Waals surface area contributed by atoms with Crippen LogP contribution in [0.25, 0.3) is 11.1 Å². The molecule has 2 amide bonds. The summed E-state index contributed by atoms with van der Waals surface area (Å²) >= 11 is 0. The molecule has 1 aliphatic rings. The van der Waals surface area contributed by atoms with Crippen molar-refractivity contribution in [2.45, 2.75) is 19.4 Å². The monoisotopic (exact) mass is 381 g/mol. The largest absolute Gasteiger partial charge is 0.485 e. The summed E-state index contributed by atoms with van der Waals surface area (Å²) in [4.78, 5) is 24.9. The van der Waals surface area contributed by atoms with Gasteiger partial charge in [0.15, 0.2) is 23.0 Å². The SMILES string of the molecule is Cc1nc2cc(NC(=O)N3CC[C@@H](Oc4cccnc4N(C)C)C3)ccc2o1. The first kappa shape index (κ1) is 18.1. The summed E-state index contributed by atoms with van der Waals surface area (Å²) in [6, 6.07) is 9.04. The van der Waals surface area contributed by atoms with Gasteiger partial charge in [0.05, 0.1) is 6.54 Å². The van der Waals surface area contributed by atoms with Gasteiger partial charge in [0.2, 0.25) is 0 Å². The van der Waals surface area contributed by atoms with E-state index in [0.29, 0.717) is 30.3 Å². The molecule has 3 aromatic rings. The molecule has 8 heteroatoms. The van der Waals surface area contributed by atoms with E-state index in [-0.39, 0.29) is 12.1 Å². The molecule has 28 heavy (non-hydrogen) atoms. The van der Waals surface area contributed by atoms with Gasteiger partial charge >= 0.3 is 6.03 Å². The Morgan fingerprint density at radius 3 is 3.04 bits per heavy atom. The minimum Gasteiger partial charge on any atom is -0.485 e. The average Bonchev–Trinajstić information content (AvgIpc) is 3.27. The molecule has 146 valence electrons. The minimum absolute atomic E-state index is 0.0608. The highest BCUT2D eigenvalue weighted by molar-refractivity contribution is 5.91. The zero-order chi connectivity index (χ0) is 19.7. The van der Waals surface area contributed by atoms with Crippen LogP contribution in [0, 0.1) is 6.92 Å². The van der Waals surface area contributed by atoms with Crippen molar-refractivity contribution in [3.63, 3.8) is 0 Å². The molecule has 0 radical (unpaired) electrons. The summed E-state index contributed by atoms with van der Waals surface area (Å²) in [6.07, 6.45) is 2.45. The van der Waals surface area contributed by atoms with Crippen molar-refractivity contribution in [2.75, 3.05) is 37.4 Å². The molecule has 3 heterocycles. The molecule has 0 spiro atoms. The van der Waals surface area contributed by atoms with Crippen molar-refractivity contribution >= 4 is 28.6 Å². The van der Waals surface area contributed by atoms with E-state index >= 15 is 0 Å². The Hall–Kier alpha value is -3.29. The smallest absolute Gasteiger partial charge is 0.321 e. The van der Waals surface area contributed by atoms with Crippen LogP contribution in [-0.2, 0) is 0 Å². The number of oxazole rings is 1. The van der Waals surface area contributed by atoms with Gasteiger partial charge in [0.25, 0.3) is 0 Å². The molecular weight excluding hydrogens is 358 g/mol. The third-order valence-electron chi connectivity index (χ3n) is 4.65. The molecule has 4 rings (SSSR count). The second kappa shape index (κ2) is 7.38. The van der Waals surface area contributed by atoms with Crippen molar-refractivity contribution in [1.82, 2.24) is 14.9 Å². The van der Waals surface area contributed by atoms with Crippen LogP contribution < -0.4 is 15.0 Å². The maximum Gasteiger partial charge on any atom is 0.321 e. The highest BCUT2D eigenvalue weighted by Crippen LogP contribution is 2.27. The number of likely N-dealkylation sites (tertiary alicyclic amines) is 1. The number of pyridine rings is 1. The average molecular weight is 381 g/mol. The standard InChI is InChI=1S/C20H23N5O3/c1-13-22-16-11-14(6-7-17(16)27-13)23-20(26)25-10-8-15(12-25)28-18-5-4-9-21-19(18)24(2)3/h4-7,9,11,15H,8,10,12H2,1-3H3,(H,23,26)/t15-/m1/s1. The summed E-state index contributed by atoms with van der Waals surface area (Å²) < 4.78 is 11.6. The number of aryl methyl sites for hydroxylation is 1. The molecule has 1 aromatic carbocycles. The summed E-state index contributed by atoms with van der Waals surface area (Å²) in [5, 5.41) is 2.93. The highest BCUT2D eigenvalue weighted by Gasteiger charge is 2.28. The molecule has 2 aromatic heterocycles. The summed E-state index contributed by atoms with van der Waals surface area (Å²) in [5.74, 6) is 2.11. The van der Waals surface area contributed by atoms with E-state index in [1.165, 1.54) is 0 Å². The Morgan fingerprint density at radius 2 is 2.21 bits per heavy atom. The van der Waals surface area contributed by atoms with Gasteiger partial charge in [-0.15, -0.1) is 0 Å². The Labute approximate surface area is 163 Å². The number of fused-ring (bicyclic) bond motifs is 1. The van der Waals surface area contributed by atoms with Gasteiger partial charge in [-0.1, -0.05) is 0 Å². The molecule has 1 N–H and O–H groups in total. The van der Waals surface area contributed by atoms with Crippen LogP contribution in [0.5, 0.6) is 5.75 Å². The van der Waals surface area contributed by atoms with Crippen molar-refractivity contribution in [1.29, 1.82) is 0 Å². The number of urea groups is 1.